The molecule has 1 aromatic carbocycles. The summed E-state index contributed by atoms with van der Waals surface area (Å²) >= 11 is 0. The van der Waals surface area contributed by atoms with Gasteiger partial charge in [0.1, 0.15) is 28.4 Å². The number of phenols is 1. The van der Waals surface area contributed by atoms with Crippen molar-refractivity contribution in [1.29, 1.82) is 0 Å². The SMILES string of the molecule is CCOC(=O)C(C)=CCC12OC(C)(C)C3CC(C=C4C(=O)c5c(O)c6c(c(CC=C(C)CC)c5OC431)OC(C)(CCC=C(C)C)C=C6)C2=O. The lowest BCUT2D eigenvalue weighted by atomic mass is 9.51. The summed E-state index contributed by atoms with van der Waals surface area (Å²) in [4.78, 5) is 42.0. The number of Topliss-reactive ketones (excluding diaryl/α,β-unsaturated/α-hetero) is 2. The summed E-state index contributed by atoms with van der Waals surface area (Å²) in [6.07, 6.45) is 14.8. The highest BCUT2D eigenvalue weighted by molar-refractivity contribution is 6.19. The lowest BCUT2D eigenvalue weighted by molar-refractivity contribution is -0.171. The van der Waals surface area contributed by atoms with Gasteiger partial charge in [0.25, 0.3) is 0 Å². The summed E-state index contributed by atoms with van der Waals surface area (Å²) in [6.45, 7) is 17.8. The Labute approximate surface area is 289 Å². The smallest absolute Gasteiger partial charge is 0.333 e. The van der Waals surface area contributed by atoms with Crippen molar-refractivity contribution in [3.05, 3.63) is 69.4 Å². The molecule has 5 atom stereocenters. The van der Waals surface area contributed by atoms with Gasteiger partial charge in [0, 0.05) is 35.0 Å². The molecule has 3 heterocycles. The molecule has 0 radical (unpaired) electrons. The Morgan fingerprint density at radius 2 is 1.78 bits per heavy atom. The fourth-order valence-corrected chi connectivity index (χ4v) is 8.53. The number of benzene rings is 1. The van der Waals surface area contributed by atoms with Crippen LogP contribution in [0, 0.1) is 11.8 Å². The summed E-state index contributed by atoms with van der Waals surface area (Å²) in [5.41, 5.74) is -0.314. The van der Waals surface area contributed by atoms with Crippen molar-refractivity contribution in [1.82, 2.24) is 0 Å². The van der Waals surface area contributed by atoms with E-state index in [1.54, 1.807) is 26.0 Å². The molecule has 6 aliphatic rings. The number of hydrogen-bond donors (Lipinski definition) is 1. The average Bonchev–Trinajstić information content (AvgIpc) is 3.20. The third-order valence-electron chi connectivity index (χ3n) is 11.2. The fourth-order valence-electron chi connectivity index (χ4n) is 8.53. The lowest BCUT2D eigenvalue weighted by Gasteiger charge is -2.56. The fraction of sp³-hybridized carbons (Fsp3) is 0.537. The minimum Gasteiger partial charge on any atom is -0.506 e. The van der Waals surface area contributed by atoms with Crippen LogP contribution in [0.4, 0.5) is 0 Å². The second-order valence-corrected chi connectivity index (χ2v) is 15.3. The monoisotopic (exact) mass is 670 g/mol. The maximum atomic E-state index is 14.9. The maximum absolute atomic E-state index is 14.9. The molecule has 1 saturated heterocycles. The van der Waals surface area contributed by atoms with Gasteiger partial charge >= 0.3 is 5.97 Å². The van der Waals surface area contributed by atoms with Gasteiger partial charge in [-0.1, -0.05) is 42.4 Å². The van der Waals surface area contributed by atoms with E-state index in [1.807, 2.05) is 32.9 Å². The average molecular weight is 671 g/mol. The number of carbonyl (C=O) groups is 3. The first kappa shape index (κ1) is 34.9. The van der Waals surface area contributed by atoms with Crippen molar-refractivity contribution < 1.29 is 38.4 Å². The van der Waals surface area contributed by atoms with Gasteiger partial charge in [-0.25, -0.2) is 4.79 Å². The summed E-state index contributed by atoms with van der Waals surface area (Å²) in [5, 5.41) is 11.9. The number of ketones is 2. The van der Waals surface area contributed by atoms with Crippen LogP contribution in [0.2, 0.25) is 0 Å². The number of ether oxygens (including phenoxy) is 4. The predicted molar refractivity (Wildman–Crippen MR) is 188 cm³/mol. The molecular weight excluding hydrogens is 620 g/mol. The number of hydrogen-bond acceptors (Lipinski definition) is 8. The van der Waals surface area contributed by atoms with Crippen LogP contribution in [0.1, 0.15) is 116 Å². The number of rotatable bonds is 10. The Kier molecular flexibility index (Phi) is 8.66. The van der Waals surface area contributed by atoms with Crippen LogP contribution in [-0.2, 0) is 25.5 Å². The molecule has 1 saturated carbocycles. The van der Waals surface area contributed by atoms with E-state index in [9.17, 15) is 19.5 Å². The molecule has 0 aromatic heterocycles. The molecule has 3 aliphatic heterocycles. The standard InChI is InChI=1S/C41H50O8/c1-10-24(5)14-15-28-34-27(17-19-39(9,47-34)18-12-13-23(3)4)32(42)31-33(43)29-21-26-22-30-38(7,8)49-40(36(26)44,41(29,30)48-35(28)31)20-16-25(6)37(45)46-11-2/h13-14,16-17,19,21,26,30,42H,10-12,15,18,20,22H2,1-9H3. The Balaban J connectivity index is 1.57. The molecule has 8 heteroatoms. The molecule has 262 valence electrons. The molecular formula is C41H50O8. The first-order chi connectivity index (χ1) is 23.1. The van der Waals surface area contributed by atoms with Crippen molar-refractivity contribution in [2.75, 3.05) is 6.61 Å². The van der Waals surface area contributed by atoms with E-state index in [4.69, 9.17) is 18.9 Å². The van der Waals surface area contributed by atoms with E-state index in [2.05, 4.69) is 39.8 Å². The highest BCUT2D eigenvalue weighted by Crippen LogP contribution is 2.68. The predicted octanol–water partition coefficient (Wildman–Crippen LogP) is 8.11. The number of allylic oxidation sites excluding steroid dienone is 5. The Morgan fingerprint density at radius 3 is 2.45 bits per heavy atom. The molecule has 7 rings (SSSR count). The zero-order valence-electron chi connectivity index (χ0n) is 30.4. The van der Waals surface area contributed by atoms with Crippen molar-refractivity contribution in [2.24, 2.45) is 11.8 Å². The lowest BCUT2D eigenvalue weighted by Crippen LogP contribution is -2.72. The van der Waals surface area contributed by atoms with E-state index < -0.39 is 34.3 Å². The maximum Gasteiger partial charge on any atom is 0.333 e. The minimum atomic E-state index is -1.58. The topological polar surface area (TPSA) is 108 Å². The molecule has 4 bridgehead atoms. The molecule has 1 N–H and O–H groups in total. The largest absolute Gasteiger partial charge is 0.506 e. The van der Waals surface area contributed by atoms with E-state index in [1.165, 1.54) is 5.57 Å². The van der Waals surface area contributed by atoms with Gasteiger partial charge in [-0.3, -0.25) is 9.59 Å². The molecule has 2 fully saturated rings. The zero-order chi connectivity index (χ0) is 35.7. The summed E-state index contributed by atoms with van der Waals surface area (Å²) in [7, 11) is 0. The highest BCUT2D eigenvalue weighted by Gasteiger charge is 2.81. The second kappa shape index (κ2) is 12.1. The first-order valence-electron chi connectivity index (χ1n) is 17.7. The van der Waals surface area contributed by atoms with Crippen molar-refractivity contribution >= 4 is 23.6 Å². The van der Waals surface area contributed by atoms with Crippen LogP contribution in [0.3, 0.4) is 0 Å². The molecule has 0 amide bonds. The van der Waals surface area contributed by atoms with Gasteiger partial charge in [-0.05, 0) is 99.6 Å². The van der Waals surface area contributed by atoms with Crippen LogP contribution in [0.15, 0.2) is 52.7 Å². The third-order valence-corrected chi connectivity index (χ3v) is 11.2. The number of fused-ring (bicyclic) bond motifs is 2. The van der Waals surface area contributed by atoms with Crippen molar-refractivity contribution in [3.63, 3.8) is 0 Å². The molecule has 8 nitrogen and oxygen atoms in total. The summed E-state index contributed by atoms with van der Waals surface area (Å²) in [5.74, 6) is -1.42. The molecule has 1 aromatic rings. The number of esters is 1. The second-order valence-electron chi connectivity index (χ2n) is 15.3. The van der Waals surface area contributed by atoms with Crippen molar-refractivity contribution in [2.45, 2.75) is 123 Å². The van der Waals surface area contributed by atoms with E-state index >= 15 is 0 Å². The number of aromatic hydroxyl groups is 1. The normalized spacial score (nSPS) is 30.5. The van der Waals surface area contributed by atoms with Gasteiger partial charge in [-0.2, -0.15) is 0 Å². The van der Waals surface area contributed by atoms with E-state index in [0.29, 0.717) is 47.3 Å². The van der Waals surface area contributed by atoms with E-state index in [0.717, 1.165) is 18.4 Å². The third kappa shape index (κ3) is 5.24. The van der Waals surface area contributed by atoms with Gasteiger partial charge in [-0.15, -0.1) is 0 Å². The van der Waals surface area contributed by atoms with Crippen LogP contribution < -0.4 is 9.47 Å². The number of phenolic OH excluding ortho intramolecular Hbond substituents is 1. The van der Waals surface area contributed by atoms with Gasteiger partial charge in [0.2, 0.25) is 0 Å². The molecule has 5 unspecified atom stereocenters. The number of carbonyl (C=O) groups excluding carboxylic acids is 3. The van der Waals surface area contributed by atoms with Gasteiger partial charge in [0.15, 0.2) is 22.8 Å². The quantitative estimate of drug-likeness (QED) is 0.151. The molecule has 49 heavy (non-hydrogen) atoms. The Morgan fingerprint density at radius 1 is 1.04 bits per heavy atom. The summed E-state index contributed by atoms with van der Waals surface area (Å²) < 4.78 is 26.1. The van der Waals surface area contributed by atoms with Crippen LogP contribution in [0.25, 0.3) is 6.08 Å². The zero-order valence-corrected chi connectivity index (χ0v) is 30.4. The summed E-state index contributed by atoms with van der Waals surface area (Å²) in [6, 6.07) is 0. The highest BCUT2D eigenvalue weighted by atomic mass is 16.6. The van der Waals surface area contributed by atoms with E-state index in [-0.39, 0.29) is 47.6 Å². The van der Waals surface area contributed by atoms with Gasteiger partial charge < -0.3 is 24.1 Å². The Hall–Kier alpha value is -3.91. The molecule has 3 aliphatic carbocycles. The van der Waals surface area contributed by atoms with Gasteiger partial charge in [0.05, 0.1) is 17.8 Å². The van der Waals surface area contributed by atoms with Crippen LogP contribution >= 0.6 is 0 Å². The van der Waals surface area contributed by atoms with Crippen LogP contribution in [0.5, 0.6) is 17.2 Å². The molecule has 1 spiro atoms. The Bertz CT molecular complexity index is 1780. The minimum absolute atomic E-state index is 0.0235. The first-order valence-corrected chi connectivity index (χ1v) is 17.7. The van der Waals surface area contributed by atoms with Crippen LogP contribution in [-0.4, -0.2) is 51.7 Å². The van der Waals surface area contributed by atoms with Crippen molar-refractivity contribution in [3.8, 4) is 17.2 Å².